The Labute approximate surface area is 153 Å². The van der Waals surface area contributed by atoms with Crippen molar-refractivity contribution < 1.29 is 0 Å². The summed E-state index contributed by atoms with van der Waals surface area (Å²) in [5.41, 5.74) is 2.28. The van der Waals surface area contributed by atoms with E-state index >= 15 is 0 Å². The zero-order valence-corrected chi connectivity index (χ0v) is 16.3. The molecule has 1 atom stereocenters. The number of piperidine rings is 1. The zero-order chi connectivity index (χ0) is 17.6. The van der Waals surface area contributed by atoms with Gasteiger partial charge in [-0.25, -0.2) is 4.98 Å². The molecular formula is C22H35N3. The Balaban J connectivity index is 1.52. The van der Waals surface area contributed by atoms with Gasteiger partial charge in [0.25, 0.3) is 0 Å². The van der Waals surface area contributed by atoms with Crippen molar-refractivity contribution in [3.05, 3.63) is 30.1 Å². The van der Waals surface area contributed by atoms with Crippen molar-refractivity contribution in [2.75, 3.05) is 19.6 Å². The number of para-hydroxylation sites is 2. The lowest BCUT2D eigenvalue weighted by Crippen LogP contribution is -2.37. The molecule has 138 valence electrons. The van der Waals surface area contributed by atoms with Gasteiger partial charge in [-0.1, -0.05) is 58.6 Å². The number of nitrogens with zero attached hydrogens (tertiary/aromatic N) is 2. The fraction of sp³-hybridized carbons (Fsp3) is 0.682. The third kappa shape index (κ3) is 4.63. The Kier molecular flexibility index (Phi) is 6.52. The third-order valence-electron chi connectivity index (χ3n) is 6.05. The van der Waals surface area contributed by atoms with Gasteiger partial charge in [-0.05, 0) is 49.9 Å². The highest BCUT2D eigenvalue weighted by Crippen LogP contribution is 2.30. The van der Waals surface area contributed by atoms with Crippen LogP contribution < -0.4 is 0 Å². The number of hydrogen-bond acceptors (Lipinski definition) is 2. The molecule has 3 rings (SSSR count). The standard InChI is InChI=1S/C22H35N3/c1-4-8-18(9-5-2)17(3)16-25-14-12-19(13-15-25)22-23-20-10-6-7-11-21(20)24-22/h6-7,10-11,17-19H,4-5,8-9,12-16H2,1-3H3,(H,23,24). The van der Waals surface area contributed by atoms with Crippen LogP contribution in [0.15, 0.2) is 24.3 Å². The van der Waals surface area contributed by atoms with Gasteiger partial charge in [0.15, 0.2) is 0 Å². The van der Waals surface area contributed by atoms with Crippen LogP contribution in [0, 0.1) is 11.8 Å². The average molecular weight is 342 g/mol. The summed E-state index contributed by atoms with van der Waals surface area (Å²) in [6, 6.07) is 8.38. The van der Waals surface area contributed by atoms with Crippen LogP contribution in [0.4, 0.5) is 0 Å². The first-order chi connectivity index (χ1) is 12.2. The summed E-state index contributed by atoms with van der Waals surface area (Å²) in [6.45, 7) is 10.8. The van der Waals surface area contributed by atoms with Crippen molar-refractivity contribution in [1.82, 2.24) is 14.9 Å². The van der Waals surface area contributed by atoms with Gasteiger partial charge in [-0.2, -0.15) is 0 Å². The lowest BCUT2D eigenvalue weighted by Gasteiger charge is -2.35. The number of H-pyrrole nitrogens is 1. The monoisotopic (exact) mass is 341 g/mol. The number of likely N-dealkylation sites (tertiary alicyclic amines) is 1. The molecule has 0 spiro atoms. The van der Waals surface area contributed by atoms with Crippen molar-refractivity contribution in [3.8, 4) is 0 Å². The van der Waals surface area contributed by atoms with Crippen molar-refractivity contribution in [2.45, 2.75) is 65.2 Å². The van der Waals surface area contributed by atoms with Crippen molar-refractivity contribution in [2.24, 2.45) is 11.8 Å². The lowest BCUT2D eigenvalue weighted by atomic mass is 9.85. The van der Waals surface area contributed by atoms with Crippen LogP contribution in [0.5, 0.6) is 0 Å². The second-order valence-corrected chi connectivity index (χ2v) is 8.03. The number of hydrogen-bond donors (Lipinski definition) is 1. The van der Waals surface area contributed by atoms with Crippen LogP contribution in [-0.2, 0) is 0 Å². The smallest absolute Gasteiger partial charge is 0.110 e. The number of benzene rings is 1. The largest absolute Gasteiger partial charge is 0.342 e. The molecular weight excluding hydrogens is 306 g/mol. The van der Waals surface area contributed by atoms with E-state index in [1.165, 1.54) is 69.5 Å². The molecule has 1 aromatic heterocycles. The molecule has 1 saturated heterocycles. The molecule has 0 aliphatic carbocycles. The summed E-state index contributed by atoms with van der Waals surface area (Å²) in [6.07, 6.45) is 7.90. The van der Waals surface area contributed by atoms with Gasteiger partial charge < -0.3 is 9.88 Å². The molecule has 1 aliphatic rings. The molecule has 0 bridgehead atoms. The molecule has 25 heavy (non-hydrogen) atoms. The summed E-state index contributed by atoms with van der Waals surface area (Å²) < 4.78 is 0. The number of nitrogens with one attached hydrogen (secondary N) is 1. The first-order valence-corrected chi connectivity index (χ1v) is 10.4. The SMILES string of the molecule is CCCC(CCC)C(C)CN1CCC(c2nc3ccccc3[nH]2)CC1. The van der Waals surface area contributed by atoms with Crippen LogP contribution in [0.2, 0.25) is 0 Å². The Morgan fingerprint density at radius 3 is 2.44 bits per heavy atom. The molecule has 1 aromatic carbocycles. The van der Waals surface area contributed by atoms with E-state index in [4.69, 9.17) is 4.98 Å². The van der Waals surface area contributed by atoms with Gasteiger partial charge in [0, 0.05) is 12.5 Å². The molecule has 1 fully saturated rings. The van der Waals surface area contributed by atoms with E-state index in [1.807, 2.05) is 0 Å². The quantitative estimate of drug-likeness (QED) is 0.678. The Bertz CT molecular complexity index is 601. The van der Waals surface area contributed by atoms with E-state index in [1.54, 1.807) is 0 Å². The maximum absolute atomic E-state index is 4.83. The van der Waals surface area contributed by atoms with Gasteiger partial charge in [0.1, 0.15) is 5.82 Å². The van der Waals surface area contributed by atoms with Gasteiger partial charge in [-0.15, -0.1) is 0 Å². The van der Waals surface area contributed by atoms with Gasteiger partial charge in [0.05, 0.1) is 11.0 Å². The molecule has 0 amide bonds. The molecule has 1 aliphatic heterocycles. The van der Waals surface area contributed by atoms with Crippen LogP contribution in [0.3, 0.4) is 0 Å². The lowest BCUT2D eigenvalue weighted by molar-refractivity contribution is 0.154. The highest BCUT2D eigenvalue weighted by atomic mass is 15.1. The number of aromatic nitrogens is 2. The second kappa shape index (κ2) is 8.84. The minimum absolute atomic E-state index is 0.598. The summed E-state index contributed by atoms with van der Waals surface area (Å²) >= 11 is 0. The molecule has 1 unspecified atom stereocenters. The topological polar surface area (TPSA) is 31.9 Å². The molecule has 2 aromatic rings. The van der Waals surface area contributed by atoms with Gasteiger partial charge in [-0.3, -0.25) is 0 Å². The molecule has 0 saturated carbocycles. The summed E-state index contributed by atoms with van der Waals surface area (Å²) in [5, 5.41) is 0. The molecule has 3 nitrogen and oxygen atoms in total. The van der Waals surface area contributed by atoms with Crippen LogP contribution in [0.1, 0.15) is 71.0 Å². The van der Waals surface area contributed by atoms with Gasteiger partial charge in [0.2, 0.25) is 0 Å². The van der Waals surface area contributed by atoms with Crippen molar-refractivity contribution in [1.29, 1.82) is 0 Å². The van der Waals surface area contributed by atoms with Crippen molar-refractivity contribution in [3.63, 3.8) is 0 Å². The van der Waals surface area contributed by atoms with E-state index in [9.17, 15) is 0 Å². The van der Waals surface area contributed by atoms with Crippen LogP contribution in [-0.4, -0.2) is 34.5 Å². The first kappa shape index (κ1) is 18.4. The Hall–Kier alpha value is -1.35. The number of aromatic amines is 1. The maximum atomic E-state index is 4.83. The third-order valence-corrected chi connectivity index (χ3v) is 6.05. The fourth-order valence-electron chi connectivity index (χ4n) is 4.57. The fourth-order valence-corrected chi connectivity index (χ4v) is 4.57. The highest BCUT2D eigenvalue weighted by Gasteiger charge is 2.25. The van der Waals surface area contributed by atoms with Crippen LogP contribution in [0.25, 0.3) is 11.0 Å². The number of rotatable bonds is 8. The van der Waals surface area contributed by atoms with E-state index < -0.39 is 0 Å². The average Bonchev–Trinajstić information content (AvgIpc) is 3.06. The molecule has 3 heteroatoms. The predicted molar refractivity (Wildman–Crippen MR) is 107 cm³/mol. The number of imidazole rings is 1. The normalized spacial score (nSPS) is 18.2. The molecule has 1 N–H and O–H groups in total. The Morgan fingerprint density at radius 1 is 1.12 bits per heavy atom. The van der Waals surface area contributed by atoms with E-state index in [0.29, 0.717) is 5.92 Å². The minimum Gasteiger partial charge on any atom is -0.342 e. The highest BCUT2D eigenvalue weighted by molar-refractivity contribution is 5.74. The zero-order valence-electron chi connectivity index (χ0n) is 16.3. The summed E-state index contributed by atoms with van der Waals surface area (Å²) in [7, 11) is 0. The summed E-state index contributed by atoms with van der Waals surface area (Å²) in [4.78, 5) is 11.1. The minimum atomic E-state index is 0.598. The Morgan fingerprint density at radius 2 is 1.80 bits per heavy atom. The number of fused-ring (bicyclic) bond motifs is 1. The van der Waals surface area contributed by atoms with E-state index in [0.717, 1.165) is 17.4 Å². The second-order valence-electron chi connectivity index (χ2n) is 8.03. The first-order valence-electron chi connectivity index (χ1n) is 10.4. The predicted octanol–water partition coefficient (Wildman–Crippen LogP) is 5.59. The van der Waals surface area contributed by atoms with Crippen molar-refractivity contribution >= 4 is 11.0 Å². The van der Waals surface area contributed by atoms with E-state index in [2.05, 4.69) is 54.9 Å². The molecule has 0 radical (unpaired) electrons. The molecule has 2 heterocycles. The van der Waals surface area contributed by atoms with E-state index in [-0.39, 0.29) is 0 Å². The maximum Gasteiger partial charge on any atom is 0.110 e. The summed E-state index contributed by atoms with van der Waals surface area (Å²) in [5.74, 6) is 3.52. The van der Waals surface area contributed by atoms with Crippen LogP contribution >= 0.6 is 0 Å². The van der Waals surface area contributed by atoms with Gasteiger partial charge >= 0.3 is 0 Å².